The number of nitrogens with zero attached hydrogens (tertiary/aromatic N) is 2. The number of hydrogen-bond donors (Lipinski definition) is 1. The highest BCUT2D eigenvalue weighted by atomic mass is 35.5. The molecule has 0 aliphatic heterocycles. The smallest absolute Gasteiger partial charge is 0.131 e. The van der Waals surface area contributed by atoms with Gasteiger partial charge in [-0.15, -0.1) is 0 Å². The van der Waals surface area contributed by atoms with Gasteiger partial charge in [-0.05, 0) is 26.8 Å². The molecule has 0 bridgehead atoms. The average molecular weight is 312 g/mol. The molecule has 0 saturated heterocycles. The summed E-state index contributed by atoms with van der Waals surface area (Å²) in [6.07, 6.45) is 0. The second kappa shape index (κ2) is 6.45. The molecule has 2 N–H and O–H groups in total. The monoisotopic (exact) mass is 311 g/mol. The Labute approximate surface area is 128 Å². The first kappa shape index (κ1) is 15.8. The van der Waals surface area contributed by atoms with E-state index in [4.69, 9.17) is 22.1 Å². The maximum absolute atomic E-state index is 13.4. The van der Waals surface area contributed by atoms with E-state index in [0.29, 0.717) is 17.3 Å². The van der Waals surface area contributed by atoms with Gasteiger partial charge in [0.15, 0.2) is 0 Å². The predicted molar refractivity (Wildman–Crippen MR) is 81.0 cm³/mol. The van der Waals surface area contributed by atoms with Crippen LogP contribution in [0.4, 0.5) is 4.39 Å². The largest absolute Gasteiger partial charge is 0.487 e. The molecule has 0 saturated carbocycles. The van der Waals surface area contributed by atoms with E-state index in [9.17, 15) is 4.39 Å². The lowest BCUT2D eigenvalue weighted by atomic mass is 10.1. The van der Waals surface area contributed by atoms with Gasteiger partial charge in [-0.2, -0.15) is 5.10 Å². The van der Waals surface area contributed by atoms with Crippen LogP contribution in [0.2, 0.25) is 5.02 Å². The fourth-order valence-corrected chi connectivity index (χ4v) is 2.35. The molecule has 2 aromatic rings. The van der Waals surface area contributed by atoms with Crippen LogP contribution in [0.15, 0.2) is 18.2 Å². The number of aromatic nitrogens is 2. The zero-order valence-corrected chi connectivity index (χ0v) is 13.1. The van der Waals surface area contributed by atoms with E-state index in [2.05, 4.69) is 5.10 Å². The van der Waals surface area contributed by atoms with Crippen molar-refractivity contribution in [3.8, 4) is 5.75 Å². The summed E-state index contributed by atoms with van der Waals surface area (Å²) < 4.78 is 20.9. The van der Waals surface area contributed by atoms with Crippen molar-refractivity contribution in [2.24, 2.45) is 5.73 Å². The highest BCUT2D eigenvalue weighted by Crippen LogP contribution is 2.27. The van der Waals surface area contributed by atoms with Crippen LogP contribution in [0.1, 0.15) is 36.8 Å². The molecule has 0 unspecified atom stereocenters. The van der Waals surface area contributed by atoms with Crippen molar-refractivity contribution in [3.05, 3.63) is 46.0 Å². The zero-order chi connectivity index (χ0) is 15.6. The van der Waals surface area contributed by atoms with Gasteiger partial charge in [0, 0.05) is 24.2 Å². The van der Waals surface area contributed by atoms with Gasteiger partial charge in [0.05, 0.1) is 16.4 Å². The Bertz CT molecular complexity index is 640. The lowest BCUT2D eigenvalue weighted by molar-refractivity contribution is 0.287. The van der Waals surface area contributed by atoms with Gasteiger partial charge in [0.2, 0.25) is 0 Å². The number of hydrogen-bond acceptors (Lipinski definition) is 3. The molecule has 0 amide bonds. The molecule has 21 heavy (non-hydrogen) atoms. The maximum Gasteiger partial charge on any atom is 0.131 e. The minimum absolute atomic E-state index is 0.219. The van der Waals surface area contributed by atoms with Crippen LogP contribution in [0, 0.1) is 12.7 Å². The fraction of sp³-hybridized carbons (Fsp3) is 0.400. The Balaban J connectivity index is 2.26. The molecule has 0 aliphatic rings. The normalized spacial score (nSPS) is 12.5. The molecule has 0 spiro atoms. The van der Waals surface area contributed by atoms with Gasteiger partial charge >= 0.3 is 0 Å². The molecule has 1 aromatic heterocycles. The summed E-state index contributed by atoms with van der Waals surface area (Å²) >= 11 is 6.23. The van der Waals surface area contributed by atoms with Crippen molar-refractivity contribution < 1.29 is 9.13 Å². The average Bonchev–Trinajstić information content (AvgIpc) is 2.71. The van der Waals surface area contributed by atoms with Gasteiger partial charge in [-0.25, -0.2) is 4.39 Å². The van der Waals surface area contributed by atoms with Crippen molar-refractivity contribution in [1.29, 1.82) is 0 Å². The summed E-state index contributed by atoms with van der Waals surface area (Å²) in [6.45, 7) is 6.55. The van der Waals surface area contributed by atoms with E-state index in [0.717, 1.165) is 17.0 Å². The summed E-state index contributed by atoms with van der Waals surface area (Å²) in [4.78, 5) is 0. The van der Waals surface area contributed by atoms with Gasteiger partial charge in [-0.3, -0.25) is 4.68 Å². The van der Waals surface area contributed by atoms with E-state index in [1.807, 2.05) is 20.8 Å². The number of ether oxygens (including phenoxy) is 1. The first-order valence-corrected chi connectivity index (χ1v) is 7.21. The first-order valence-electron chi connectivity index (χ1n) is 6.83. The van der Waals surface area contributed by atoms with Crippen LogP contribution in [-0.4, -0.2) is 9.78 Å². The number of aryl methyl sites for hydroxylation is 2. The topological polar surface area (TPSA) is 53.1 Å². The molecule has 114 valence electrons. The van der Waals surface area contributed by atoms with Crippen molar-refractivity contribution in [2.75, 3.05) is 0 Å². The Morgan fingerprint density at radius 3 is 2.81 bits per heavy atom. The summed E-state index contributed by atoms with van der Waals surface area (Å²) in [6, 6.07) is 4.11. The number of benzene rings is 1. The highest BCUT2D eigenvalue weighted by Gasteiger charge is 2.15. The van der Waals surface area contributed by atoms with Crippen LogP contribution < -0.4 is 10.5 Å². The fourth-order valence-electron chi connectivity index (χ4n) is 2.16. The highest BCUT2D eigenvalue weighted by molar-refractivity contribution is 6.31. The SMILES string of the molecule is CCn1nc(C)c(Cl)c1COc1cc(F)ccc1[C@H](C)N. The minimum Gasteiger partial charge on any atom is -0.487 e. The number of rotatable bonds is 5. The second-order valence-corrected chi connectivity index (χ2v) is 5.30. The Morgan fingerprint density at radius 2 is 2.19 bits per heavy atom. The minimum atomic E-state index is -0.360. The first-order chi connectivity index (χ1) is 9.93. The van der Waals surface area contributed by atoms with Gasteiger partial charge in [0.25, 0.3) is 0 Å². The third-order valence-corrected chi connectivity index (χ3v) is 3.78. The second-order valence-electron chi connectivity index (χ2n) is 4.92. The predicted octanol–water partition coefficient (Wildman–Crippen LogP) is 3.60. The molecule has 1 aromatic carbocycles. The van der Waals surface area contributed by atoms with E-state index < -0.39 is 0 Å². The Kier molecular flexibility index (Phi) is 4.85. The lowest BCUT2D eigenvalue weighted by Gasteiger charge is -2.14. The molecule has 0 fully saturated rings. The quantitative estimate of drug-likeness (QED) is 0.918. The Hall–Kier alpha value is -1.59. The zero-order valence-electron chi connectivity index (χ0n) is 12.4. The van der Waals surface area contributed by atoms with Gasteiger partial charge in [-0.1, -0.05) is 17.7 Å². The maximum atomic E-state index is 13.4. The summed E-state index contributed by atoms with van der Waals surface area (Å²) in [5.41, 5.74) is 8.16. The van der Waals surface area contributed by atoms with Crippen LogP contribution >= 0.6 is 11.6 Å². The van der Waals surface area contributed by atoms with Crippen molar-refractivity contribution >= 4 is 11.6 Å². The van der Waals surface area contributed by atoms with E-state index >= 15 is 0 Å². The molecule has 0 aliphatic carbocycles. The van der Waals surface area contributed by atoms with E-state index in [1.54, 1.807) is 10.7 Å². The molecular formula is C15H19ClFN3O. The van der Waals surface area contributed by atoms with Gasteiger partial charge < -0.3 is 10.5 Å². The van der Waals surface area contributed by atoms with Crippen molar-refractivity contribution in [2.45, 2.75) is 40.0 Å². The standard InChI is InChI=1S/C15H19ClFN3O/c1-4-20-13(15(16)10(3)19-20)8-21-14-7-11(17)5-6-12(14)9(2)18/h5-7,9H,4,8,18H2,1-3H3/t9-/m0/s1. The third kappa shape index (κ3) is 3.36. The molecule has 2 rings (SSSR count). The molecular weight excluding hydrogens is 293 g/mol. The lowest BCUT2D eigenvalue weighted by Crippen LogP contribution is -2.10. The Morgan fingerprint density at radius 1 is 1.48 bits per heavy atom. The molecule has 1 heterocycles. The molecule has 6 heteroatoms. The summed E-state index contributed by atoms with van der Waals surface area (Å²) in [5.74, 6) is 0.0725. The summed E-state index contributed by atoms with van der Waals surface area (Å²) in [5, 5.41) is 4.90. The summed E-state index contributed by atoms with van der Waals surface area (Å²) in [7, 11) is 0. The van der Waals surface area contributed by atoms with Crippen LogP contribution in [-0.2, 0) is 13.2 Å². The number of nitrogens with two attached hydrogens (primary N) is 1. The van der Waals surface area contributed by atoms with Gasteiger partial charge in [0.1, 0.15) is 18.2 Å². The van der Waals surface area contributed by atoms with Crippen molar-refractivity contribution in [1.82, 2.24) is 9.78 Å². The third-order valence-electron chi connectivity index (χ3n) is 3.28. The van der Waals surface area contributed by atoms with E-state index in [1.165, 1.54) is 12.1 Å². The molecule has 4 nitrogen and oxygen atoms in total. The van der Waals surface area contributed by atoms with Crippen LogP contribution in [0.25, 0.3) is 0 Å². The number of halogens is 2. The molecule has 1 atom stereocenters. The van der Waals surface area contributed by atoms with Crippen LogP contribution in [0.3, 0.4) is 0 Å². The van der Waals surface area contributed by atoms with Crippen LogP contribution in [0.5, 0.6) is 5.75 Å². The van der Waals surface area contributed by atoms with E-state index in [-0.39, 0.29) is 18.5 Å². The molecule has 0 radical (unpaired) electrons. The van der Waals surface area contributed by atoms with Crippen molar-refractivity contribution in [3.63, 3.8) is 0 Å².